The fourth-order valence-corrected chi connectivity index (χ4v) is 1.82. The highest BCUT2D eigenvalue weighted by Crippen LogP contribution is 2.23. The summed E-state index contributed by atoms with van der Waals surface area (Å²) in [7, 11) is 0. The third-order valence-corrected chi connectivity index (χ3v) is 3.16. The lowest BCUT2D eigenvalue weighted by Crippen LogP contribution is -2.20. The van der Waals surface area contributed by atoms with Crippen LogP contribution in [0.2, 0.25) is 0 Å². The van der Waals surface area contributed by atoms with Crippen LogP contribution in [-0.4, -0.2) is 6.54 Å². The van der Waals surface area contributed by atoms with Crippen molar-refractivity contribution < 1.29 is 0 Å². The van der Waals surface area contributed by atoms with Crippen molar-refractivity contribution in [3.63, 3.8) is 0 Å². The molecule has 0 aromatic heterocycles. The second-order valence-electron chi connectivity index (χ2n) is 5.49. The van der Waals surface area contributed by atoms with Crippen molar-refractivity contribution in [3.8, 4) is 0 Å². The Morgan fingerprint density at radius 1 is 1.29 bits per heavy atom. The van der Waals surface area contributed by atoms with Gasteiger partial charge in [-0.25, -0.2) is 0 Å². The van der Waals surface area contributed by atoms with Crippen molar-refractivity contribution in [3.05, 3.63) is 46.5 Å². The average molecular weight is 296 g/mol. The molecule has 1 unspecified atom stereocenters. The van der Waals surface area contributed by atoms with Gasteiger partial charge in [0.2, 0.25) is 0 Å². The van der Waals surface area contributed by atoms with E-state index in [1.54, 1.807) is 0 Å². The molecule has 1 N–H and O–H groups in total. The summed E-state index contributed by atoms with van der Waals surface area (Å²) in [4.78, 5) is 0. The molecular weight excluding hydrogens is 274 g/mol. The Balaban J connectivity index is 2.70. The summed E-state index contributed by atoms with van der Waals surface area (Å²) >= 11 is 3.36. The van der Waals surface area contributed by atoms with Crippen molar-refractivity contribution in [2.45, 2.75) is 39.2 Å². The number of hydrogen-bond acceptors (Lipinski definition) is 1. The lowest BCUT2D eigenvalue weighted by atomic mass is 9.86. The summed E-state index contributed by atoms with van der Waals surface area (Å²) < 4.78 is 0.982. The van der Waals surface area contributed by atoms with Crippen LogP contribution in [0.5, 0.6) is 0 Å². The predicted octanol–water partition coefficient (Wildman–Crippen LogP) is 4.54. The van der Waals surface area contributed by atoms with Gasteiger partial charge in [-0.05, 0) is 23.5 Å². The van der Waals surface area contributed by atoms with Gasteiger partial charge in [-0.2, -0.15) is 0 Å². The zero-order valence-corrected chi connectivity index (χ0v) is 12.8. The zero-order chi connectivity index (χ0) is 13.1. The number of benzene rings is 1. The first-order chi connectivity index (χ1) is 7.80. The summed E-state index contributed by atoms with van der Waals surface area (Å²) in [6.45, 7) is 13.5. The summed E-state index contributed by atoms with van der Waals surface area (Å²) in [5.74, 6) is 0. The quantitative estimate of drug-likeness (QED) is 0.860. The molecule has 0 radical (unpaired) electrons. The molecule has 0 bridgehead atoms. The molecule has 94 valence electrons. The Kier molecular flexibility index (Phi) is 4.96. The molecule has 0 saturated heterocycles. The Labute approximate surface area is 113 Å². The highest BCUT2D eigenvalue weighted by Gasteiger charge is 2.13. The molecule has 1 rings (SSSR count). The van der Waals surface area contributed by atoms with Crippen LogP contribution >= 0.6 is 15.9 Å². The number of hydrogen-bond donors (Lipinski definition) is 1. The molecule has 1 atom stereocenters. The zero-order valence-electron chi connectivity index (χ0n) is 11.2. The molecule has 0 aliphatic carbocycles. The Morgan fingerprint density at radius 3 is 2.24 bits per heavy atom. The van der Waals surface area contributed by atoms with Gasteiger partial charge in [0.15, 0.2) is 0 Å². The van der Waals surface area contributed by atoms with Crippen LogP contribution in [0, 0.1) is 0 Å². The minimum atomic E-state index is 0.222. The second kappa shape index (κ2) is 5.83. The van der Waals surface area contributed by atoms with E-state index in [1.807, 2.05) is 0 Å². The van der Waals surface area contributed by atoms with Gasteiger partial charge in [0.05, 0.1) is 0 Å². The molecule has 1 aromatic carbocycles. The monoisotopic (exact) mass is 295 g/mol. The maximum absolute atomic E-state index is 3.82. The fourth-order valence-electron chi connectivity index (χ4n) is 1.65. The van der Waals surface area contributed by atoms with Crippen LogP contribution in [0.25, 0.3) is 0 Å². The topological polar surface area (TPSA) is 12.0 Å². The molecule has 0 fully saturated rings. The van der Waals surface area contributed by atoms with Gasteiger partial charge < -0.3 is 5.32 Å². The minimum Gasteiger partial charge on any atom is -0.306 e. The van der Waals surface area contributed by atoms with Gasteiger partial charge in [-0.15, -0.1) is 0 Å². The lowest BCUT2D eigenvalue weighted by Gasteiger charge is -2.20. The van der Waals surface area contributed by atoms with E-state index in [0.29, 0.717) is 6.04 Å². The van der Waals surface area contributed by atoms with Crippen molar-refractivity contribution in [1.29, 1.82) is 0 Å². The van der Waals surface area contributed by atoms with Gasteiger partial charge in [-0.3, -0.25) is 0 Å². The van der Waals surface area contributed by atoms with Crippen LogP contribution in [0.4, 0.5) is 0 Å². The SMILES string of the molecule is C=C(Br)CNC(C)c1ccc(C(C)(C)C)cc1. The summed E-state index contributed by atoms with van der Waals surface area (Å²) in [6, 6.07) is 9.19. The average Bonchev–Trinajstić information content (AvgIpc) is 2.25. The standard InChI is InChI=1S/C15H22BrN/c1-11(16)10-17-12(2)13-6-8-14(9-7-13)15(3,4)5/h6-9,12,17H,1,10H2,2-5H3. The molecule has 0 aliphatic rings. The Bertz CT molecular complexity index is 373. The summed E-state index contributed by atoms with van der Waals surface area (Å²) in [5, 5.41) is 3.41. The van der Waals surface area contributed by atoms with Crippen LogP contribution in [0.3, 0.4) is 0 Å². The first kappa shape index (κ1) is 14.5. The number of nitrogens with one attached hydrogen (secondary N) is 1. The van der Waals surface area contributed by atoms with Crippen molar-refractivity contribution in [2.24, 2.45) is 0 Å². The van der Waals surface area contributed by atoms with Gasteiger partial charge in [-0.1, -0.05) is 67.5 Å². The number of halogens is 1. The third-order valence-electron chi connectivity index (χ3n) is 2.88. The highest BCUT2D eigenvalue weighted by molar-refractivity contribution is 9.11. The number of rotatable bonds is 4. The molecule has 0 spiro atoms. The third kappa shape index (κ3) is 4.64. The van der Waals surface area contributed by atoms with Crippen molar-refractivity contribution >= 4 is 15.9 Å². The van der Waals surface area contributed by atoms with E-state index in [1.165, 1.54) is 11.1 Å². The van der Waals surface area contributed by atoms with E-state index in [4.69, 9.17) is 0 Å². The highest BCUT2D eigenvalue weighted by atomic mass is 79.9. The first-order valence-corrected chi connectivity index (χ1v) is 6.77. The molecule has 1 nitrogen and oxygen atoms in total. The largest absolute Gasteiger partial charge is 0.306 e. The van der Waals surface area contributed by atoms with E-state index < -0.39 is 0 Å². The smallest absolute Gasteiger partial charge is 0.0295 e. The molecular formula is C15H22BrN. The van der Waals surface area contributed by atoms with Gasteiger partial charge in [0.25, 0.3) is 0 Å². The molecule has 1 aromatic rings. The van der Waals surface area contributed by atoms with Crippen molar-refractivity contribution in [2.75, 3.05) is 6.54 Å². The van der Waals surface area contributed by atoms with E-state index in [2.05, 4.69) is 79.8 Å². The molecule has 0 aliphatic heterocycles. The maximum atomic E-state index is 3.82. The van der Waals surface area contributed by atoms with Crippen LogP contribution in [-0.2, 0) is 5.41 Å². The minimum absolute atomic E-state index is 0.222. The molecule has 0 amide bonds. The van der Waals surface area contributed by atoms with Gasteiger partial charge in [0, 0.05) is 17.1 Å². The maximum Gasteiger partial charge on any atom is 0.0295 e. The Hall–Kier alpha value is -0.600. The van der Waals surface area contributed by atoms with Crippen LogP contribution in [0.15, 0.2) is 35.3 Å². The lowest BCUT2D eigenvalue weighted by molar-refractivity contribution is 0.586. The van der Waals surface area contributed by atoms with E-state index >= 15 is 0 Å². The normalized spacial score (nSPS) is 13.5. The molecule has 0 saturated carbocycles. The molecule has 0 heterocycles. The van der Waals surface area contributed by atoms with E-state index in [0.717, 1.165) is 11.0 Å². The van der Waals surface area contributed by atoms with Crippen molar-refractivity contribution in [1.82, 2.24) is 5.32 Å². The fraction of sp³-hybridized carbons (Fsp3) is 0.467. The van der Waals surface area contributed by atoms with E-state index in [9.17, 15) is 0 Å². The predicted molar refractivity (Wildman–Crippen MR) is 79.6 cm³/mol. The van der Waals surface area contributed by atoms with Gasteiger partial charge >= 0.3 is 0 Å². The van der Waals surface area contributed by atoms with Crippen LogP contribution < -0.4 is 5.32 Å². The van der Waals surface area contributed by atoms with Crippen LogP contribution in [0.1, 0.15) is 44.9 Å². The first-order valence-electron chi connectivity index (χ1n) is 5.98. The summed E-state index contributed by atoms with van der Waals surface area (Å²) in [5.41, 5.74) is 2.91. The van der Waals surface area contributed by atoms with Gasteiger partial charge in [0.1, 0.15) is 0 Å². The molecule has 2 heteroatoms. The summed E-state index contributed by atoms with van der Waals surface area (Å²) in [6.07, 6.45) is 0. The second-order valence-corrected chi connectivity index (χ2v) is 6.61. The molecule has 17 heavy (non-hydrogen) atoms. The van der Waals surface area contributed by atoms with E-state index in [-0.39, 0.29) is 5.41 Å². The Morgan fingerprint density at radius 2 is 1.82 bits per heavy atom.